The van der Waals surface area contributed by atoms with Gasteiger partial charge < -0.3 is 10.0 Å². The van der Waals surface area contributed by atoms with Crippen LogP contribution >= 0.6 is 43.5 Å². The standard InChI is InChI=1S/C21H21Br2ClN2O2/c22-14-9-13-1-2-16-15(3-4-17(24)20(16)23)19(21(13)25-10-14)12-5-7-26(8-6-12)18(28)11-27/h3-4,9-10,12,19,27H,1-2,5-8,11H2. The monoisotopic (exact) mass is 526 g/mol. The largest absolute Gasteiger partial charge is 0.387 e. The molecule has 2 aliphatic rings. The molecule has 7 heteroatoms. The van der Waals surface area contributed by atoms with Crippen LogP contribution in [0.25, 0.3) is 0 Å². The van der Waals surface area contributed by atoms with Gasteiger partial charge in [-0.3, -0.25) is 9.78 Å². The maximum absolute atomic E-state index is 11.9. The third kappa shape index (κ3) is 3.76. The third-order valence-corrected chi connectivity index (χ3v) is 7.86. The summed E-state index contributed by atoms with van der Waals surface area (Å²) in [6.45, 7) is 0.938. The Morgan fingerprint density at radius 3 is 2.71 bits per heavy atom. The number of rotatable bonds is 2. The lowest BCUT2D eigenvalue weighted by Crippen LogP contribution is -2.41. The summed E-state index contributed by atoms with van der Waals surface area (Å²) in [6, 6.07) is 6.30. The molecule has 1 atom stereocenters. The van der Waals surface area contributed by atoms with Crippen LogP contribution in [-0.2, 0) is 17.6 Å². The number of piperidine rings is 1. The fraction of sp³-hybridized carbons (Fsp3) is 0.429. The Balaban J connectivity index is 1.75. The van der Waals surface area contributed by atoms with Crippen LogP contribution in [0.4, 0.5) is 0 Å². The molecule has 0 radical (unpaired) electrons. The second kappa shape index (κ2) is 8.42. The number of aliphatic hydroxyl groups is 1. The molecule has 4 rings (SSSR count). The Hall–Kier alpha value is -0.950. The van der Waals surface area contributed by atoms with E-state index in [1.165, 1.54) is 16.7 Å². The highest BCUT2D eigenvalue weighted by atomic mass is 79.9. The van der Waals surface area contributed by atoms with Crippen LogP contribution < -0.4 is 0 Å². The van der Waals surface area contributed by atoms with Gasteiger partial charge in [0.25, 0.3) is 0 Å². The lowest BCUT2D eigenvalue weighted by atomic mass is 9.76. The molecule has 1 aromatic heterocycles. The van der Waals surface area contributed by atoms with Gasteiger partial charge in [-0.25, -0.2) is 0 Å². The number of carbonyl (C=O) groups is 1. The van der Waals surface area contributed by atoms with E-state index in [0.29, 0.717) is 19.0 Å². The summed E-state index contributed by atoms with van der Waals surface area (Å²) >= 11 is 13.7. The van der Waals surface area contributed by atoms with Crippen molar-refractivity contribution in [3.8, 4) is 0 Å². The Morgan fingerprint density at radius 2 is 2.00 bits per heavy atom. The molecule has 0 saturated carbocycles. The van der Waals surface area contributed by atoms with Crippen LogP contribution in [0.2, 0.25) is 5.02 Å². The fourth-order valence-electron chi connectivity index (χ4n) is 4.59. The zero-order chi connectivity index (χ0) is 19.8. The van der Waals surface area contributed by atoms with E-state index in [1.807, 2.05) is 12.3 Å². The summed E-state index contributed by atoms with van der Waals surface area (Å²) in [5, 5.41) is 9.90. The van der Waals surface area contributed by atoms with Gasteiger partial charge in [0.05, 0.1) is 10.7 Å². The smallest absolute Gasteiger partial charge is 0.248 e. The number of amides is 1. The molecule has 2 heterocycles. The van der Waals surface area contributed by atoms with E-state index >= 15 is 0 Å². The number of fused-ring (bicyclic) bond motifs is 2. The van der Waals surface area contributed by atoms with Crippen molar-refractivity contribution in [2.24, 2.45) is 5.92 Å². The average Bonchev–Trinajstić information content (AvgIpc) is 2.87. The Morgan fingerprint density at radius 1 is 1.25 bits per heavy atom. The SMILES string of the molecule is O=C(CO)N1CCC(C2c3ccc(Cl)c(Br)c3CCc3cc(Br)cnc32)CC1. The zero-order valence-corrected chi connectivity index (χ0v) is 19.2. The van der Waals surface area contributed by atoms with Crippen LogP contribution in [0, 0.1) is 5.92 Å². The molecule has 0 bridgehead atoms. The van der Waals surface area contributed by atoms with E-state index in [2.05, 4.69) is 44.0 Å². The minimum absolute atomic E-state index is 0.181. The van der Waals surface area contributed by atoms with Gasteiger partial charge in [-0.2, -0.15) is 0 Å². The van der Waals surface area contributed by atoms with Crippen molar-refractivity contribution in [3.05, 3.63) is 60.7 Å². The summed E-state index contributed by atoms with van der Waals surface area (Å²) in [6.07, 6.45) is 5.51. The number of aryl methyl sites for hydroxylation is 1. The number of aromatic nitrogens is 1. The molecule has 0 spiro atoms. The second-order valence-electron chi connectivity index (χ2n) is 7.48. The molecule has 148 valence electrons. The quantitative estimate of drug-likeness (QED) is 0.614. The molecule has 1 unspecified atom stereocenters. The number of benzene rings is 1. The molecule has 1 amide bonds. The molecule has 2 aromatic rings. The topological polar surface area (TPSA) is 53.4 Å². The van der Waals surface area contributed by atoms with E-state index in [-0.39, 0.29) is 11.8 Å². The van der Waals surface area contributed by atoms with Crippen molar-refractivity contribution < 1.29 is 9.90 Å². The summed E-state index contributed by atoms with van der Waals surface area (Å²) in [5.74, 6) is 0.386. The molecule has 4 nitrogen and oxygen atoms in total. The number of aliphatic hydroxyl groups excluding tert-OH is 1. The first kappa shape index (κ1) is 20.3. The maximum atomic E-state index is 11.9. The lowest BCUT2D eigenvalue weighted by Gasteiger charge is -2.36. The molecule has 1 aromatic carbocycles. The van der Waals surface area contributed by atoms with E-state index in [0.717, 1.165) is 45.3 Å². The second-order valence-corrected chi connectivity index (χ2v) is 9.60. The summed E-state index contributed by atoms with van der Waals surface area (Å²) in [4.78, 5) is 18.5. The first-order valence-electron chi connectivity index (χ1n) is 9.49. The number of halogens is 3. The molecule has 28 heavy (non-hydrogen) atoms. The number of carbonyl (C=O) groups excluding carboxylic acids is 1. The van der Waals surface area contributed by atoms with E-state index in [1.54, 1.807) is 4.90 Å². The van der Waals surface area contributed by atoms with Gasteiger partial charge in [0.2, 0.25) is 5.91 Å². The van der Waals surface area contributed by atoms with Crippen molar-refractivity contribution in [3.63, 3.8) is 0 Å². The van der Waals surface area contributed by atoms with E-state index in [9.17, 15) is 4.79 Å². The number of hydrogen-bond donors (Lipinski definition) is 1. The Bertz CT molecular complexity index is 914. The van der Waals surface area contributed by atoms with Gasteiger partial charge >= 0.3 is 0 Å². The maximum Gasteiger partial charge on any atom is 0.248 e. The van der Waals surface area contributed by atoms with E-state index < -0.39 is 6.61 Å². The predicted octanol–water partition coefficient (Wildman–Crippen LogP) is 4.72. The Kier molecular flexibility index (Phi) is 6.12. The summed E-state index contributed by atoms with van der Waals surface area (Å²) in [5.41, 5.74) is 4.97. The predicted molar refractivity (Wildman–Crippen MR) is 117 cm³/mol. The molecule has 1 N–H and O–H groups in total. The third-order valence-electron chi connectivity index (χ3n) is 5.97. The molecule has 1 aliphatic carbocycles. The zero-order valence-electron chi connectivity index (χ0n) is 15.3. The van der Waals surface area contributed by atoms with Gasteiger partial charge in [-0.1, -0.05) is 17.7 Å². The molecular weight excluding hydrogens is 508 g/mol. The number of nitrogens with zero attached hydrogens (tertiary/aromatic N) is 2. The molecular formula is C21H21Br2ClN2O2. The van der Waals surface area contributed by atoms with Crippen LogP contribution in [0.3, 0.4) is 0 Å². The molecule has 1 saturated heterocycles. The minimum atomic E-state index is -0.416. The minimum Gasteiger partial charge on any atom is -0.387 e. The highest BCUT2D eigenvalue weighted by Crippen LogP contribution is 2.45. The first-order chi connectivity index (χ1) is 13.5. The number of likely N-dealkylation sites (tertiary alicyclic amines) is 1. The number of hydrogen-bond acceptors (Lipinski definition) is 3. The van der Waals surface area contributed by atoms with Crippen LogP contribution in [-0.4, -0.2) is 40.6 Å². The van der Waals surface area contributed by atoms with Crippen molar-refractivity contribution in [2.45, 2.75) is 31.6 Å². The van der Waals surface area contributed by atoms with Crippen molar-refractivity contribution in [2.75, 3.05) is 19.7 Å². The van der Waals surface area contributed by atoms with E-state index in [4.69, 9.17) is 21.7 Å². The van der Waals surface area contributed by atoms with Crippen LogP contribution in [0.15, 0.2) is 33.3 Å². The highest BCUT2D eigenvalue weighted by Gasteiger charge is 2.35. The lowest BCUT2D eigenvalue weighted by molar-refractivity contribution is -0.135. The van der Waals surface area contributed by atoms with Crippen LogP contribution in [0.1, 0.15) is 41.1 Å². The highest BCUT2D eigenvalue weighted by molar-refractivity contribution is 9.10. The average molecular weight is 529 g/mol. The molecule has 1 fully saturated rings. The van der Waals surface area contributed by atoms with Gasteiger partial charge in [0.1, 0.15) is 6.61 Å². The summed E-state index contributed by atoms with van der Waals surface area (Å²) in [7, 11) is 0. The van der Waals surface area contributed by atoms with Gasteiger partial charge in [-0.15, -0.1) is 0 Å². The van der Waals surface area contributed by atoms with Crippen molar-refractivity contribution in [1.82, 2.24) is 9.88 Å². The molecule has 1 aliphatic heterocycles. The van der Waals surface area contributed by atoms with Crippen molar-refractivity contribution in [1.29, 1.82) is 0 Å². The fourth-order valence-corrected chi connectivity index (χ4v) is 5.71. The first-order valence-corrected chi connectivity index (χ1v) is 11.5. The number of pyridine rings is 1. The van der Waals surface area contributed by atoms with Gasteiger partial charge in [0.15, 0.2) is 0 Å². The normalized spacial score (nSPS) is 19.7. The van der Waals surface area contributed by atoms with Gasteiger partial charge in [-0.05, 0) is 92.3 Å². The van der Waals surface area contributed by atoms with Gasteiger partial charge in [0, 0.05) is 34.1 Å². The summed E-state index contributed by atoms with van der Waals surface area (Å²) < 4.78 is 1.98. The Labute approximate surface area is 186 Å². The van der Waals surface area contributed by atoms with Crippen molar-refractivity contribution >= 4 is 49.4 Å². The van der Waals surface area contributed by atoms with Crippen LogP contribution in [0.5, 0.6) is 0 Å².